The Kier molecular flexibility index (Phi) is 6.70. The molecule has 0 heterocycles. The summed E-state index contributed by atoms with van der Waals surface area (Å²) in [6, 6.07) is 0. The van der Waals surface area contributed by atoms with Gasteiger partial charge in [-0.15, -0.1) is 0 Å². The molecular weight excluding hydrogens is 156 g/mol. The second-order valence-electron chi connectivity index (χ2n) is 2.68. The van der Waals surface area contributed by atoms with Crippen molar-refractivity contribution < 1.29 is 9.90 Å². The van der Waals surface area contributed by atoms with E-state index in [0.29, 0.717) is 0 Å². The molecule has 72 valence electrons. The maximum atomic E-state index is 10.6. The Morgan fingerprint density at radius 2 is 1.67 bits per heavy atom. The molecule has 0 saturated heterocycles. The fourth-order valence-corrected chi connectivity index (χ4v) is 0.824. The molecule has 0 saturated carbocycles. The van der Waals surface area contributed by atoms with Gasteiger partial charge in [0, 0.05) is 0 Å². The molecule has 0 aromatic heterocycles. The van der Waals surface area contributed by atoms with Crippen molar-refractivity contribution in [2.24, 2.45) is 0 Å². The van der Waals surface area contributed by atoms with Gasteiger partial charge in [0.1, 0.15) is 0 Å². The molecule has 0 spiro atoms. The summed E-state index contributed by atoms with van der Waals surface area (Å²) in [4.78, 5) is 10.6. The molecule has 12 heavy (non-hydrogen) atoms. The summed E-state index contributed by atoms with van der Waals surface area (Å²) in [5, 5.41) is 14.5. The van der Waals surface area contributed by atoms with Crippen LogP contribution in [0, 0.1) is 0 Å². The van der Waals surface area contributed by atoms with Crippen molar-refractivity contribution in [3.8, 4) is 0 Å². The lowest BCUT2D eigenvalue weighted by atomic mass is 10.4. The Labute approximate surface area is 73.3 Å². The number of hydrogen-bond donors (Lipinski definition) is 3. The van der Waals surface area contributed by atoms with Crippen LogP contribution < -0.4 is 10.6 Å². The van der Waals surface area contributed by atoms with Crippen molar-refractivity contribution >= 4 is 5.97 Å². The Morgan fingerprint density at radius 1 is 1.25 bits per heavy atom. The lowest BCUT2D eigenvalue weighted by Gasteiger charge is -2.14. The van der Waals surface area contributed by atoms with Gasteiger partial charge in [-0.2, -0.15) is 0 Å². The molecule has 0 aromatic carbocycles. The Morgan fingerprint density at radius 3 is 1.92 bits per heavy atom. The summed E-state index contributed by atoms with van der Waals surface area (Å²) in [6.07, 6.45) is 1.29. The molecule has 0 aromatic rings. The maximum absolute atomic E-state index is 10.6. The molecule has 0 bridgehead atoms. The monoisotopic (exact) mass is 174 g/mol. The molecule has 3 N–H and O–H groups in total. The third-order valence-corrected chi connectivity index (χ3v) is 1.44. The highest BCUT2D eigenvalue weighted by Gasteiger charge is 2.13. The summed E-state index contributed by atoms with van der Waals surface area (Å²) < 4.78 is 0. The van der Waals surface area contributed by atoms with E-state index >= 15 is 0 Å². The molecule has 4 heteroatoms. The van der Waals surface area contributed by atoms with Crippen LogP contribution in [0.3, 0.4) is 0 Å². The Hall–Kier alpha value is -0.610. The van der Waals surface area contributed by atoms with Crippen molar-refractivity contribution in [1.29, 1.82) is 0 Å². The van der Waals surface area contributed by atoms with E-state index < -0.39 is 12.1 Å². The molecule has 0 unspecified atom stereocenters. The fourth-order valence-electron chi connectivity index (χ4n) is 0.824. The first kappa shape index (κ1) is 11.4. The molecule has 0 fully saturated rings. The molecule has 0 rings (SSSR count). The molecule has 0 aliphatic carbocycles. The van der Waals surface area contributed by atoms with Crippen LogP contribution in [0.4, 0.5) is 0 Å². The van der Waals surface area contributed by atoms with Crippen LogP contribution in [0.15, 0.2) is 0 Å². The van der Waals surface area contributed by atoms with Crippen LogP contribution in [0.25, 0.3) is 0 Å². The van der Waals surface area contributed by atoms with Gasteiger partial charge in [0.05, 0.1) is 0 Å². The van der Waals surface area contributed by atoms with Gasteiger partial charge < -0.3 is 5.11 Å². The second-order valence-corrected chi connectivity index (χ2v) is 2.68. The lowest BCUT2D eigenvalue weighted by Crippen LogP contribution is -2.48. The number of aliphatic carboxylic acids is 1. The second kappa shape index (κ2) is 7.06. The Balaban J connectivity index is 3.62. The van der Waals surface area contributed by atoms with Gasteiger partial charge in [0.15, 0.2) is 6.17 Å². The van der Waals surface area contributed by atoms with Crippen molar-refractivity contribution in [3.05, 3.63) is 0 Å². The normalized spacial score (nSPS) is 10.6. The summed E-state index contributed by atoms with van der Waals surface area (Å²) in [7, 11) is 0. The Bertz CT molecular complexity index is 120. The van der Waals surface area contributed by atoms with Gasteiger partial charge in [0.25, 0.3) is 0 Å². The molecule has 0 amide bonds. The largest absolute Gasteiger partial charge is 0.479 e. The van der Waals surface area contributed by atoms with Crippen LogP contribution in [-0.4, -0.2) is 30.3 Å². The first-order chi connectivity index (χ1) is 5.72. The molecular formula is C8H18N2O2. The quantitative estimate of drug-likeness (QED) is 0.489. The molecule has 0 aliphatic rings. The predicted molar refractivity (Wildman–Crippen MR) is 48.0 cm³/mol. The van der Waals surface area contributed by atoms with Gasteiger partial charge in [-0.05, 0) is 25.9 Å². The van der Waals surface area contributed by atoms with Crippen molar-refractivity contribution in [3.63, 3.8) is 0 Å². The SMILES string of the molecule is CCCNC(NCCC)C(=O)O. The van der Waals surface area contributed by atoms with Gasteiger partial charge in [-0.25, -0.2) is 4.79 Å². The van der Waals surface area contributed by atoms with E-state index in [1.807, 2.05) is 13.8 Å². The van der Waals surface area contributed by atoms with Crippen LogP contribution >= 0.6 is 0 Å². The highest BCUT2D eigenvalue weighted by atomic mass is 16.4. The van der Waals surface area contributed by atoms with E-state index in [0.717, 1.165) is 25.9 Å². The average molecular weight is 174 g/mol. The highest BCUT2D eigenvalue weighted by molar-refractivity contribution is 5.72. The molecule has 0 radical (unpaired) electrons. The van der Waals surface area contributed by atoms with E-state index in [9.17, 15) is 4.79 Å². The van der Waals surface area contributed by atoms with Gasteiger partial charge >= 0.3 is 5.97 Å². The predicted octanol–water partition coefficient (Wildman–Crippen LogP) is 0.396. The minimum Gasteiger partial charge on any atom is -0.479 e. The van der Waals surface area contributed by atoms with Crippen molar-refractivity contribution in [2.45, 2.75) is 32.9 Å². The van der Waals surface area contributed by atoms with E-state index in [-0.39, 0.29) is 0 Å². The van der Waals surface area contributed by atoms with Crippen LogP contribution in [-0.2, 0) is 4.79 Å². The number of carbonyl (C=O) groups is 1. The maximum Gasteiger partial charge on any atom is 0.335 e. The first-order valence-corrected chi connectivity index (χ1v) is 4.42. The van der Waals surface area contributed by atoms with E-state index in [2.05, 4.69) is 10.6 Å². The number of nitrogens with one attached hydrogen (secondary N) is 2. The van der Waals surface area contributed by atoms with Gasteiger partial charge in [0.2, 0.25) is 0 Å². The summed E-state index contributed by atoms with van der Waals surface area (Å²) in [5.74, 6) is -0.836. The number of carboxylic acid groups (broad SMARTS) is 1. The summed E-state index contributed by atoms with van der Waals surface area (Å²) in [5.41, 5.74) is 0. The van der Waals surface area contributed by atoms with Crippen molar-refractivity contribution in [2.75, 3.05) is 13.1 Å². The molecule has 0 atom stereocenters. The third-order valence-electron chi connectivity index (χ3n) is 1.44. The van der Waals surface area contributed by atoms with E-state index in [4.69, 9.17) is 5.11 Å². The average Bonchev–Trinajstić information content (AvgIpc) is 2.04. The fraction of sp³-hybridized carbons (Fsp3) is 0.875. The smallest absolute Gasteiger partial charge is 0.335 e. The van der Waals surface area contributed by atoms with E-state index in [1.54, 1.807) is 0 Å². The minimum absolute atomic E-state index is 0.593. The summed E-state index contributed by atoms with van der Waals surface area (Å²) in [6.45, 7) is 5.47. The van der Waals surface area contributed by atoms with Gasteiger partial charge in [-0.1, -0.05) is 13.8 Å². The minimum atomic E-state index is -0.836. The zero-order valence-corrected chi connectivity index (χ0v) is 7.76. The number of rotatable bonds is 7. The highest BCUT2D eigenvalue weighted by Crippen LogP contribution is 1.81. The third kappa shape index (κ3) is 5.09. The number of carboxylic acids is 1. The van der Waals surface area contributed by atoms with Crippen LogP contribution in [0.1, 0.15) is 26.7 Å². The van der Waals surface area contributed by atoms with Crippen LogP contribution in [0.2, 0.25) is 0 Å². The van der Waals surface area contributed by atoms with E-state index in [1.165, 1.54) is 0 Å². The zero-order chi connectivity index (χ0) is 9.40. The molecule has 4 nitrogen and oxygen atoms in total. The molecule has 0 aliphatic heterocycles. The van der Waals surface area contributed by atoms with Crippen LogP contribution in [0.5, 0.6) is 0 Å². The summed E-state index contributed by atoms with van der Waals surface area (Å²) >= 11 is 0. The first-order valence-electron chi connectivity index (χ1n) is 4.42. The zero-order valence-electron chi connectivity index (χ0n) is 7.76. The topological polar surface area (TPSA) is 61.4 Å². The van der Waals surface area contributed by atoms with Crippen molar-refractivity contribution in [1.82, 2.24) is 10.6 Å². The van der Waals surface area contributed by atoms with Gasteiger partial charge in [-0.3, -0.25) is 10.6 Å². The lowest BCUT2D eigenvalue weighted by molar-refractivity contribution is -0.140. The standard InChI is InChI=1S/C8H18N2O2/c1-3-5-9-7(8(11)12)10-6-4-2/h7,9-10H,3-6H2,1-2H3,(H,11,12). The number of hydrogen-bond acceptors (Lipinski definition) is 3.